The molecule has 2 nitrogen and oxygen atoms in total. The first-order valence-corrected chi connectivity index (χ1v) is 5.93. The van der Waals surface area contributed by atoms with E-state index >= 15 is 0 Å². The topological polar surface area (TPSA) is 29.3 Å². The molecule has 2 aliphatic rings. The molecule has 0 aromatic carbocycles. The highest BCUT2D eigenvalue weighted by atomic mass is 15.2. The van der Waals surface area contributed by atoms with Crippen molar-refractivity contribution in [3.63, 3.8) is 0 Å². The Morgan fingerprint density at radius 3 is 2.86 bits per heavy atom. The van der Waals surface area contributed by atoms with Crippen LogP contribution in [0.25, 0.3) is 0 Å². The molecule has 0 spiro atoms. The number of rotatable bonds is 1. The van der Waals surface area contributed by atoms with Crippen LogP contribution in [0.5, 0.6) is 0 Å². The van der Waals surface area contributed by atoms with Gasteiger partial charge in [-0.3, -0.25) is 4.90 Å². The molecule has 1 aliphatic carbocycles. The maximum absolute atomic E-state index is 6.03. The molecule has 0 aromatic rings. The van der Waals surface area contributed by atoms with E-state index in [0.29, 0.717) is 18.0 Å². The van der Waals surface area contributed by atoms with Gasteiger partial charge in [-0.1, -0.05) is 19.1 Å². The van der Waals surface area contributed by atoms with Crippen molar-refractivity contribution in [2.75, 3.05) is 13.1 Å². The Hall–Kier alpha value is -0.340. The van der Waals surface area contributed by atoms with Gasteiger partial charge in [0, 0.05) is 25.2 Å². The van der Waals surface area contributed by atoms with Crippen molar-refractivity contribution in [1.29, 1.82) is 0 Å². The lowest BCUT2D eigenvalue weighted by atomic mass is 9.91. The average molecular weight is 194 g/mol. The molecule has 1 fully saturated rings. The highest BCUT2D eigenvalue weighted by Crippen LogP contribution is 2.22. The van der Waals surface area contributed by atoms with E-state index in [1.54, 1.807) is 0 Å². The SMILES string of the molecule is CC1CN(C2C=CCCC2)CCC1N. The van der Waals surface area contributed by atoms with Crippen molar-refractivity contribution in [3.05, 3.63) is 12.2 Å². The summed E-state index contributed by atoms with van der Waals surface area (Å²) < 4.78 is 0. The minimum absolute atomic E-state index is 0.429. The van der Waals surface area contributed by atoms with Gasteiger partial charge in [-0.05, 0) is 31.6 Å². The number of likely N-dealkylation sites (tertiary alicyclic amines) is 1. The highest BCUT2D eigenvalue weighted by molar-refractivity contribution is 5.00. The van der Waals surface area contributed by atoms with Crippen LogP contribution in [0.1, 0.15) is 32.6 Å². The number of allylic oxidation sites excluding steroid dienone is 1. The van der Waals surface area contributed by atoms with E-state index in [2.05, 4.69) is 24.0 Å². The van der Waals surface area contributed by atoms with Gasteiger partial charge in [0.05, 0.1) is 0 Å². The summed E-state index contributed by atoms with van der Waals surface area (Å²) in [6.07, 6.45) is 9.89. The smallest absolute Gasteiger partial charge is 0.0278 e. The van der Waals surface area contributed by atoms with Crippen molar-refractivity contribution >= 4 is 0 Å². The molecule has 80 valence electrons. The molecule has 14 heavy (non-hydrogen) atoms. The Morgan fingerprint density at radius 1 is 1.36 bits per heavy atom. The molecule has 1 heterocycles. The lowest BCUT2D eigenvalue weighted by Gasteiger charge is -2.39. The second-order valence-electron chi connectivity index (χ2n) is 4.85. The van der Waals surface area contributed by atoms with Gasteiger partial charge in [-0.25, -0.2) is 0 Å². The van der Waals surface area contributed by atoms with E-state index in [1.165, 1.54) is 38.8 Å². The fourth-order valence-corrected chi connectivity index (χ4v) is 2.60. The van der Waals surface area contributed by atoms with Crippen molar-refractivity contribution in [2.24, 2.45) is 11.7 Å². The number of hydrogen-bond acceptors (Lipinski definition) is 2. The molecule has 2 rings (SSSR count). The second kappa shape index (κ2) is 4.45. The van der Waals surface area contributed by atoms with Crippen molar-refractivity contribution < 1.29 is 0 Å². The molecule has 0 aromatic heterocycles. The van der Waals surface area contributed by atoms with Crippen LogP contribution in [0.2, 0.25) is 0 Å². The van der Waals surface area contributed by atoms with Crippen LogP contribution in [0.4, 0.5) is 0 Å². The fraction of sp³-hybridized carbons (Fsp3) is 0.833. The Kier molecular flexibility index (Phi) is 3.24. The first-order chi connectivity index (χ1) is 6.77. The zero-order chi connectivity index (χ0) is 9.97. The summed E-state index contributed by atoms with van der Waals surface area (Å²) >= 11 is 0. The predicted octanol–water partition coefficient (Wildman–Crippen LogP) is 1.76. The molecule has 1 aliphatic heterocycles. The van der Waals surface area contributed by atoms with Gasteiger partial charge in [0.15, 0.2) is 0 Å². The van der Waals surface area contributed by atoms with E-state index in [9.17, 15) is 0 Å². The molecule has 3 unspecified atom stereocenters. The normalized spacial score (nSPS) is 40.0. The molecule has 0 amide bonds. The third-order valence-electron chi connectivity index (χ3n) is 3.70. The van der Waals surface area contributed by atoms with Gasteiger partial charge in [-0.2, -0.15) is 0 Å². The van der Waals surface area contributed by atoms with Crippen molar-refractivity contribution in [2.45, 2.75) is 44.7 Å². The zero-order valence-corrected chi connectivity index (χ0v) is 9.15. The highest BCUT2D eigenvalue weighted by Gasteiger charge is 2.27. The molecular formula is C12H22N2. The van der Waals surface area contributed by atoms with Crippen molar-refractivity contribution in [1.82, 2.24) is 4.90 Å². The summed E-state index contributed by atoms with van der Waals surface area (Å²) in [6, 6.07) is 1.14. The Labute approximate surface area is 87.2 Å². The Bertz CT molecular complexity index is 212. The quantitative estimate of drug-likeness (QED) is 0.645. The van der Waals surface area contributed by atoms with Crippen LogP contribution in [0, 0.1) is 5.92 Å². The summed E-state index contributed by atoms with van der Waals surface area (Å²) in [5, 5.41) is 0. The summed E-state index contributed by atoms with van der Waals surface area (Å²) in [6.45, 7) is 4.67. The van der Waals surface area contributed by atoms with Crippen LogP contribution < -0.4 is 5.73 Å². The fourth-order valence-electron chi connectivity index (χ4n) is 2.60. The minimum atomic E-state index is 0.429. The summed E-state index contributed by atoms with van der Waals surface area (Å²) in [4.78, 5) is 2.61. The third-order valence-corrected chi connectivity index (χ3v) is 3.70. The molecule has 1 saturated heterocycles. The summed E-state index contributed by atoms with van der Waals surface area (Å²) in [5.74, 6) is 0.666. The van der Waals surface area contributed by atoms with E-state index < -0.39 is 0 Å². The first-order valence-electron chi connectivity index (χ1n) is 5.93. The summed E-state index contributed by atoms with van der Waals surface area (Å²) in [7, 11) is 0. The molecule has 2 heteroatoms. The van der Waals surface area contributed by atoms with Gasteiger partial charge in [0.1, 0.15) is 0 Å². The van der Waals surface area contributed by atoms with Crippen LogP contribution in [-0.4, -0.2) is 30.1 Å². The standard InChI is InChI=1S/C12H22N2/c1-10-9-14(8-7-12(10)13)11-5-3-2-4-6-11/h3,5,10-12H,2,4,6-9,13H2,1H3. The number of hydrogen-bond donors (Lipinski definition) is 1. The van der Waals surface area contributed by atoms with Crippen LogP contribution in [0.15, 0.2) is 12.2 Å². The third kappa shape index (κ3) is 2.18. The maximum Gasteiger partial charge on any atom is 0.0278 e. The van der Waals surface area contributed by atoms with Crippen LogP contribution >= 0.6 is 0 Å². The first kappa shape index (κ1) is 10.2. The number of nitrogens with zero attached hydrogens (tertiary/aromatic N) is 1. The minimum Gasteiger partial charge on any atom is -0.327 e. The Morgan fingerprint density at radius 2 is 2.21 bits per heavy atom. The largest absolute Gasteiger partial charge is 0.327 e. The van der Waals surface area contributed by atoms with Crippen molar-refractivity contribution in [3.8, 4) is 0 Å². The molecular weight excluding hydrogens is 172 g/mol. The average Bonchev–Trinajstić information content (AvgIpc) is 2.23. The van der Waals surface area contributed by atoms with E-state index in [4.69, 9.17) is 5.73 Å². The predicted molar refractivity (Wildman–Crippen MR) is 60.1 cm³/mol. The van der Waals surface area contributed by atoms with Gasteiger partial charge in [0.25, 0.3) is 0 Å². The van der Waals surface area contributed by atoms with Crippen LogP contribution in [-0.2, 0) is 0 Å². The molecule has 2 N–H and O–H groups in total. The second-order valence-corrected chi connectivity index (χ2v) is 4.85. The lowest BCUT2D eigenvalue weighted by molar-refractivity contribution is 0.129. The number of piperidine rings is 1. The molecule has 0 radical (unpaired) electrons. The van der Waals surface area contributed by atoms with Crippen LogP contribution in [0.3, 0.4) is 0 Å². The zero-order valence-electron chi connectivity index (χ0n) is 9.15. The molecule has 0 saturated carbocycles. The molecule has 3 atom stereocenters. The van der Waals surface area contributed by atoms with E-state index in [0.717, 1.165) is 0 Å². The lowest BCUT2D eigenvalue weighted by Crippen LogP contribution is -2.49. The van der Waals surface area contributed by atoms with Gasteiger partial charge >= 0.3 is 0 Å². The number of nitrogens with two attached hydrogens (primary N) is 1. The Balaban J connectivity index is 1.92. The van der Waals surface area contributed by atoms with Gasteiger partial charge in [0.2, 0.25) is 0 Å². The van der Waals surface area contributed by atoms with Gasteiger partial charge in [-0.15, -0.1) is 0 Å². The molecule has 0 bridgehead atoms. The monoisotopic (exact) mass is 194 g/mol. The maximum atomic E-state index is 6.03. The van der Waals surface area contributed by atoms with E-state index in [1.807, 2.05) is 0 Å². The van der Waals surface area contributed by atoms with E-state index in [-0.39, 0.29) is 0 Å². The van der Waals surface area contributed by atoms with Gasteiger partial charge < -0.3 is 5.73 Å². The summed E-state index contributed by atoms with van der Waals surface area (Å²) in [5.41, 5.74) is 6.03.